The number of pyridine rings is 1. The van der Waals surface area contributed by atoms with Gasteiger partial charge in [0.05, 0.1) is 32.2 Å². The molecule has 1 aliphatic heterocycles. The highest BCUT2D eigenvalue weighted by Crippen LogP contribution is 2.27. The summed E-state index contributed by atoms with van der Waals surface area (Å²) >= 11 is 0. The lowest BCUT2D eigenvalue weighted by molar-refractivity contribution is 0.0302. The largest absolute Gasteiger partial charge is 0.495 e. The second-order valence-corrected chi connectivity index (χ2v) is 7.27. The van der Waals surface area contributed by atoms with E-state index in [2.05, 4.69) is 9.71 Å². The molecule has 9 heteroatoms. The van der Waals surface area contributed by atoms with Crippen LogP contribution in [-0.4, -0.2) is 57.6 Å². The molecular weight excluding hydrogens is 358 g/mol. The second-order valence-electron chi connectivity index (χ2n) is 5.62. The fourth-order valence-electron chi connectivity index (χ4n) is 2.60. The molecule has 0 bridgehead atoms. The SMILES string of the molecule is COc1ccc(C(=O)N2CCOCC2)cc1S(=O)(=O)Nc1cccnc1. The number of hydrogen-bond acceptors (Lipinski definition) is 6. The van der Waals surface area contributed by atoms with Gasteiger partial charge >= 0.3 is 0 Å². The minimum absolute atomic E-state index is 0.108. The van der Waals surface area contributed by atoms with Gasteiger partial charge < -0.3 is 14.4 Å². The summed E-state index contributed by atoms with van der Waals surface area (Å²) in [6.45, 7) is 1.88. The number of rotatable bonds is 5. The Labute approximate surface area is 151 Å². The van der Waals surface area contributed by atoms with Crippen LogP contribution in [0.15, 0.2) is 47.6 Å². The monoisotopic (exact) mass is 377 g/mol. The molecule has 138 valence electrons. The first-order valence-corrected chi connectivity index (χ1v) is 9.47. The zero-order valence-corrected chi connectivity index (χ0v) is 15.0. The number of ether oxygens (including phenoxy) is 2. The lowest BCUT2D eigenvalue weighted by Gasteiger charge is -2.27. The molecule has 1 aromatic heterocycles. The summed E-state index contributed by atoms with van der Waals surface area (Å²) in [7, 11) is -2.58. The molecule has 2 heterocycles. The molecule has 0 radical (unpaired) electrons. The molecule has 0 unspecified atom stereocenters. The van der Waals surface area contributed by atoms with Gasteiger partial charge in [-0.15, -0.1) is 0 Å². The molecule has 1 fully saturated rings. The zero-order chi connectivity index (χ0) is 18.6. The average molecular weight is 377 g/mol. The Morgan fingerprint density at radius 2 is 2.04 bits per heavy atom. The van der Waals surface area contributed by atoms with E-state index in [0.717, 1.165) is 0 Å². The summed E-state index contributed by atoms with van der Waals surface area (Å²) in [5.74, 6) is -0.0892. The molecule has 8 nitrogen and oxygen atoms in total. The van der Waals surface area contributed by atoms with Crippen molar-refractivity contribution in [3.05, 3.63) is 48.3 Å². The summed E-state index contributed by atoms with van der Waals surface area (Å²) in [5.41, 5.74) is 0.596. The van der Waals surface area contributed by atoms with Gasteiger partial charge in [-0.2, -0.15) is 0 Å². The van der Waals surface area contributed by atoms with Crippen LogP contribution < -0.4 is 9.46 Å². The van der Waals surface area contributed by atoms with Crippen molar-refractivity contribution in [1.29, 1.82) is 0 Å². The van der Waals surface area contributed by atoms with Gasteiger partial charge in [0, 0.05) is 24.8 Å². The zero-order valence-electron chi connectivity index (χ0n) is 14.2. The van der Waals surface area contributed by atoms with Crippen LogP contribution in [0.2, 0.25) is 0 Å². The van der Waals surface area contributed by atoms with Gasteiger partial charge in [-0.05, 0) is 30.3 Å². The van der Waals surface area contributed by atoms with E-state index in [4.69, 9.17) is 9.47 Å². The average Bonchev–Trinajstić information content (AvgIpc) is 2.68. The molecule has 1 aromatic carbocycles. The molecule has 0 aliphatic carbocycles. The van der Waals surface area contributed by atoms with Gasteiger partial charge in [0.2, 0.25) is 0 Å². The van der Waals surface area contributed by atoms with Crippen LogP contribution in [0, 0.1) is 0 Å². The minimum Gasteiger partial charge on any atom is -0.495 e. The van der Waals surface area contributed by atoms with E-state index < -0.39 is 10.0 Å². The summed E-state index contributed by atoms with van der Waals surface area (Å²) in [5, 5.41) is 0. The number of carbonyl (C=O) groups excluding carboxylic acids is 1. The molecule has 1 saturated heterocycles. The molecular formula is C17H19N3O5S. The topological polar surface area (TPSA) is 97.8 Å². The molecule has 0 atom stereocenters. The number of nitrogens with one attached hydrogen (secondary N) is 1. The van der Waals surface area contributed by atoms with Crippen LogP contribution in [0.4, 0.5) is 5.69 Å². The Morgan fingerprint density at radius 1 is 1.27 bits per heavy atom. The number of morpholine rings is 1. The number of methoxy groups -OCH3 is 1. The molecule has 1 amide bonds. The van der Waals surface area contributed by atoms with Gasteiger partial charge in [-0.1, -0.05) is 0 Å². The van der Waals surface area contributed by atoms with Crippen molar-refractivity contribution in [2.75, 3.05) is 38.1 Å². The summed E-state index contributed by atoms with van der Waals surface area (Å²) in [4.78, 5) is 18.0. The lowest BCUT2D eigenvalue weighted by atomic mass is 10.2. The van der Waals surface area contributed by atoms with Crippen molar-refractivity contribution in [1.82, 2.24) is 9.88 Å². The van der Waals surface area contributed by atoms with Crippen LogP contribution >= 0.6 is 0 Å². The molecule has 0 saturated carbocycles. The van der Waals surface area contributed by atoms with E-state index in [-0.39, 0.29) is 22.1 Å². The van der Waals surface area contributed by atoms with Gasteiger partial charge in [-0.3, -0.25) is 14.5 Å². The van der Waals surface area contributed by atoms with Crippen molar-refractivity contribution in [2.24, 2.45) is 0 Å². The maximum Gasteiger partial charge on any atom is 0.265 e. The number of anilines is 1. The van der Waals surface area contributed by atoms with Crippen LogP contribution in [0.25, 0.3) is 0 Å². The Morgan fingerprint density at radius 3 is 2.69 bits per heavy atom. The minimum atomic E-state index is -3.95. The Balaban J connectivity index is 1.93. The maximum absolute atomic E-state index is 12.8. The van der Waals surface area contributed by atoms with Crippen molar-refractivity contribution in [3.63, 3.8) is 0 Å². The predicted molar refractivity (Wildman–Crippen MR) is 94.8 cm³/mol. The van der Waals surface area contributed by atoms with E-state index in [9.17, 15) is 13.2 Å². The molecule has 1 aliphatic rings. The van der Waals surface area contributed by atoms with E-state index in [0.29, 0.717) is 32.0 Å². The van der Waals surface area contributed by atoms with Crippen molar-refractivity contribution < 1.29 is 22.7 Å². The number of nitrogens with zero attached hydrogens (tertiary/aromatic N) is 2. The van der Waals surface area contributed by atoms with Crippen LogP contribution in [-0.2, 0) is 14.8 Å². The van der Waals surface area contributed by atoms with E-state index >= 15 is 0 Å². The third kappa shape index (κ3) is 3.94. The molecule has 2 aromatic rings. The van der Waals surface area contributed by atoms with Crippen LogP contribution in [0.5, 0.6) is 5.75 Å². The highest BCUT2D eigenvalue weighted by Gasteiger charge is 2.24. The Hall–Kier alpha value is -2.65. The Kier molecular flexibility index (Phi) is 5.38. The number of aromatic nitrogens is 1. The second kappa shape index (κ2) is 7.71. The number of carbonyl (C=O) groups is 1. The molecule has 3 rings (SSSR count). The van der Waals surface area contributed by atoms with Gasteiger partial charge in [0.1, 0.15) is 10.6 Å². The van der Waals surface area contributed by atoms with Gasteiger partial charge in [0.25, 0.3) is 15.9 Å². The molecule has 26 heavy (non-hydrogen) atoms. The maximum atomic E-state index is 12.8. The van der Waals surface area contributed by atoms with E-state index in [1.165, 1.54) is 25.4 Å². The van der Waals surface area contributed by atoms with Gasteiger partial charge in [0.15, 0.2) is 0 Å². The number of hydrogen-bond donors (Lipinski definition) is 1. The van der Waals surface area contributed by atoms with Crippen molar-refractivity contribution in [3.8, 4) is 5.75 Å². The summed E-state index contributed by atoms with van der Waals surface area (Å²) in [6, 6.07) is 7.56. The predicted octanol–water partition coefficient (Wildman–Crippen LogP) is 1.36. The third-order valence-electron chi connectivity index (χ3n) is 3.91. The normalized spacial score (nSPS) is 14.7. The fraction of sp³-hybridized carbons (Fsp3) is 0.294. The highest BCUT2D eigenvalue weighted by molar-refractivity contribution is 7.92. The Bertz CT molecular complexity index is 881. The number of amides is 1. The third-order valence-corrected chi connectivity index (χ3v) is 5.31. The molecule has 1 N–H and O–H groups in total. The number of sulfonamides is 1. The first-order valence-electron chi connectivity index (χ1n) is 7.99. The lowest BCUT2D eigenvalue weighted by Crippen LogP contribution is -2.40. The van der Waals surface area contributed by atoms with E-state index in [1.54, 1.807) is 29.3 Å². The van der Waals surface area contributed by atoms with Crippen molar-refractivity contribution in [2.45, 2.75) is 4.90 Å². The highest BCUT2D eigenvalue weighted by atomic mass is 32.2. The number of benzene rings is 1. The smallest absolute Gasteiger partial charge is 0.265 e. The molecule has 0 spiro atoms. The quantitative estimate of drug-likeness (QED) is 0.845. The first kappa shape index (κ1) is 18.2. The summed E-state index contributed by atoms with van der Waals surface area (Å²) in [6.07, 6.45) is 2.94. The van der Waals surface area contributed by atoms with Gasteiger partial charge in [-0.25, -0.2) is 8.42 Å². The standard InChI is InChI=1S/C17H19N3O5S/c1-24-15-5-4-13(17(21)20-7-9-25-10-8-20)11-16(15)26(22,23)19-14-3-2-6-18-12-14/h2-6,11-12,19H,7-10H2,1H3. The van der Waals surface area contributed by atoms with Crippen LogP contribution in [0.1, 0.15) is 10.4 Å². The first-order chi connectivity index (χ1) is 12.5. The fourth-order valence-corrected chi connectivity index (χ4v) is 3.84. The van der Waals surface area contributed by atoms with E-state index in [1.807, 2.05) is 0 Å². The van der Waals surface area contributed by atoms with Crippen LogP contribution in [0.3, 0.4) is 0 Å². The summed E-state index contributed by atoms with van der Waals surface area (Å²) < 4.78 is 38.4. The van der Waals surface area contributed by atoms with Crippen molar-refractivity contribution >= 4 is 21.6 Å².